The number of nitrogens with one attached hydrogen (secondary N) is 1. The van der Waals surface area contributed by atoms with Gasteiger partial charge in [0.1, 0.15) is 5.82 Å². The van der Waals surface area contributed by atoms with E-state index in [2.05, 4.69) is 16.8 Å². The number of carbonyl (C=O) groups is 2. The Morgan fingerprint density at radius 2 is 1.89 bits per heavy atom. The molecule has 1 N–H and O–H groups in total. The third kappa shape index (κ3) is 3.69. The van der Waals surface area contributed by atoms with Crippen molar-refractivity contribution in [2.75, 3.05) is 25.0 Å². The number of H-pyrrole nitrogens is 1. The van der Waals surface area contributed by atoms with Gasteiger partial charge in [-0.2, -0.15) is 5.10 Å². The van der Waals surface area contributed by atoms with Crippen molar-refractivity contribution in [2.24, 2.45) is 7.05 Å². The maximum atomic E-state index is 12.7. The van der Waals surface area contributed by atoms with Gasteiger partial charge in [0.2, 0.25) is 5.91 Å². The second kappa shape index (κ2) is 7.61. The van der Waals surface area contributed by atoms with Gasteiger partial charge in [-0.15, -0.1) is 0 Å². The van der Waals surface area contributed by atoms with Gasteiger partial charge in [-0.3, -0.25) is 14.2 Å². The highest BCUT2D eigenvalue weighted by atomic mass is 16.2. The van der Waals surface area contributed by atoms with Gasteiger partial charge in [-0.1, -0.05) is 6.58 Å². The van der Waals surface area contributed by atoms with E-state index < -0.39 is 0 Å². The van der Waals surface area contributed by atoms with E-state index in [1.54, 1.807) is 38.4 Å². The molecular formula is C19H23N5O3. The van der Waals surface area contributed by atoms with Crippen molar-refractivity contribution in [1.82, 2.24) is 19.7 Å². The van der Waals surface area contributed by atoms with E-state index in [-0.39, 0.29) is 23.4 Å². The van der Waals surface area contributed by atoms with Gasteiger partial charge < -0.3 is 9.80 Å². The number of hydrogen-bond donors (Lipinski definition) is 1. The maximum absolute atomic E-state index is 12.7. The molecule has 0 bridgehead atoms. The van der Waals surface area contributed by atoms with Crippen molar-refractivity contribution < 1.29 is 9.59 Å². The molecule has 1 aromatic carbocycles. The van der Waals surface area contributed by atoms with Crippen LogP contribution in [-0.4, -0.2) is 51.6 Å². The molecule has 1 aliphatic rings. The van der Waals surface area contributed by atoms with Crippen LogP contribution in [0, 0.1) is 0 Å². The molecule has 0 spiro atoms. The molecule has 2 aromatic rings. The first-order valence-corrected chi connectivity index (χ1v) is 8.83. The third-order valence-electron chi connectivity index (χ3n) is 5.07. The molecule has 142 valence electrons. The fourth-order valence-corrected chi connectivity index (χ4v) is 3.34. The molecule has 0 atom stereocenters. The van der Waals surface area contributed by atoms with Crippen LogP contribution in [0.3, 0.4) is 0 Å². The molecule has 0 radical (unpaired) electrons. The first-order chi connectivity index (χ1) is 12.9. The van der Waals surface area contributed by atoms with Crippen LogP contribution in [0.15, 0.2) is 41.7 Å². The van der Waals surface area contributed by atoms with Gasteiger partial charge >= 0.3 is 5.69 Å². The molecule has 1 fully saturated rings. The minimum atomic E-state index is -0.219. The summed E-state index contributed by atoms with van der Waals surface area (Å²) in [4.78, 5) is 39.2. The van der Waals surface area contributed by atoms with Crippen molar-refractivity contribution in [2.45, 2.75) is 18.8 Å². The average molecular weight is 369 g/mol. The van der Waals surface area contributed by atoms with Crippen LogP contribution in [0.1, 0.15) is 34.9 Å². The summed E-state index contributed by atoms with van der Waals surface area (Å²) >= 11 is 0. The van der Waals surface area contributed by atoms with Crippen molar-refractivity contribution in [3.8, 4) is 0 Å². The molecule has 8 heteroatoms. The summed E-state index contributed by atoms with van der Waals surface area (Å²) in [6.07, 6.45) is 2.77. The Kier molecular flexibility index (Phi) is 5.25. The molecule has 0 unspecified atom stereocenters. The lowest BCUT2D eigenvalue weighted by Crippen LogP contribution is -2.38. The zero-order valence-electron chi connectivity index (χ0n) is 15.5. The number of anilines is 1. The second-order valence-electron chi connectivity index (χ2n) is 6.66. The largest absolute Gasteiger partial charge is 0.343 e. The number of nitrogens with zero attached hydrogens (tertiary/aromatic N) is 4. The van der Waals surface area contributed by atoms with Crippen molar-refractivity contribution in [1.29, 1.82) is 0 Å². The predicted octanol–water partition coefficient (Wildman–Crippen LogP) is 1.28. The molecule has 1 saturated heterocycles. The Labute approximate surface area is 157 Å². The van der Waals surface area contributed by atoms with Crippen LogP contribution in [0.4, 0.5) is 5.69 Å². The van der Waals surface area contributed by atoms with Crippen molar-refractivity contribution in [3.05, 3.63) is 58.8 Å². The van der Waals surface area contributed by atoms with Gasteiger partial charge in [0.15, 0.2) is 0 Å². The summed E-state index contributed by atoms with van der Waals surface area (Å²) in [6.45, 7) is 4.70. The van der Waals surface area contributed by atoms with Gasteiger partial charge in [-0.25, -0.2) is 9.89 Å². The first kappa shape index (κ1) is 18.6. The number of likely N-dealkylation sites (N-methyl/N-ethyl adjacent to an activating group) is 1. The van der Waals surface area contributed by atoms with Crippen LogP contribution >= 0.6 is 0 Å². The maximum Gasteiger partial charge on any atom is 0.343 e. The zero-order chi connectivity index (χ0) is 19.6. The molecule has 3 rings (SSSR count). The Morgan fingerprint density at radius 3 is 2.41 bits per heavy atom. The quantitative estimate of drug-likeness (QED) is 0.822. The van der Waals surface area contributed by atoms with Gasteiger partial charge in [0.25, 0.3) is 5.91 Å². The molecular weight excluding hydrogens is 346 g/mol. The van der Waals surface area contributed by atoms with Gasteiger partial charge in [0.05, 0.1) is 0 Å². The fraction of sp³-hybridized carbons (Fsp3) is 0.368. The van der Waals surface area contributed by atoms with E-state index in [9.17, 15) is 14.4 Å². The number of aromatic nitrogens is 3. The molecule has 1 aliphatic heterocycles. The van der Waals surface area contributed by atoms with Gasteiger partial charge in [0, 0.05) is 44.4 Å². The van der Waals surface area contributed by atoms with Crippen LogP contribution in [0.25, 0.3) is 0 Å². The second-order valence-corrected chi connectivity index (χ2v) is 6.66. The number of benzene rings is 1. The summed E-state index contributed by atoms with van der Waals surface area (Å²) in [5.41, 5.74) is 1.07. The minimum Gasteiger partial charge on any atom is -0.339 e. The molecule has 2 heterocycles. The van der Waals surface area contributed by atoms with E-state index in [1.165, 1.54) is 15.5 Å². The fourth-order valence-electron chi connectivity index (χ4n) is 3.34. The molecule has 27 heavy (non-hydrogen) atoms. The van der Waals surface area contributed by atoms with E-state index in [0.29, 0.717) is 24.3 Å². The normalized spacial score (nSPS) is 14.8. The molecule has 1 aromatic heterocycles. The molecule has 0 saturated carbocycles. The average Bonchev–Trinajstić information content (AvgIpc) is 3.05. The predicted molar refractivity (Wildman–Crippen MR) is 102 cm³/mol. The number of aromatic amines is 1. The Hall–Kier alpha value is -3.16. The van der Waals surface area contributed by atoms with E-state index in [1.807, 2.05) is 4.90 Å². The van der Waals surface area contributed by atoms with Crippen LogP contribution in [-0.2, 0) is 11.8 Å². The number of carbonyl (C=O) groups excluding carboxylic acids is 2. The lowest BCUT2D eigenvalue weighted by Gasteiger charge is -2.31. The van der Waals surface area contributed by atoms with E-state index >= 15 is 0 Å². The van der Waals surface area contributed by atoms with Crippen molar-refractivity contribution >= 4 is 17.5 Å². The van der Waals surface area contributed by atoms with Crippen LogP contribution in [0.2, 0.25) is 0 Å². The summed E-state index contributed by atoms with van der Waals surface area (Å²) in [6, 6.07) is 6.96. The van der Waals surface area contributed by atoms with Crippen LogP contribution < -0.4 is 10.6 Å². The highest BCUT2D eigenvalue weighted by Gasteiger charge is 2.27. The minimum absolute atomic E-state index is 0.0337. The summed E-state index contributed by atoms with van der Waals surface area (Å²) in [5, 5.41) is 6.56. The number of hydrogen-bond acceptors (Lipinski definition) is 4. The molecule has 2 amide bonds. The van der Waals surface area contributed by atoms with Gasteiger partial charge in [-0.05, 0) is 43.2 Å². The number of piperidine rings is 1. The SMILES string of the molecule is C=CC(=O)N(C)c1ccc(C(=O)N2CCC(c3n[nH]c(=O)n3C)CC2)cc1. The topological polar surface area (TPSA) is 91.3 Å². The number of likely N-dealkylation sites (tertiary alicyclic amines) is 1. The first-order valence-electron chi connectivity index (χ1n) is 8.83. The summed E-state index contributed by atoms with van der Waals surface area (Å²) < 4.78 is 1.53. The number of amides is 2. The van der Waals surface area contributed by atoms with E-state index in [4.69, 9.17) is 0 Å². The highest BCUT2D eigenvalue weighted by Crippen LogP contribution is 2.26. The summed E-state index contributed by atoms with van der Waals surface area (Å²) in [7, 11) is 3.36. The smallest absolute Gasteiger partial charge is 0.339 e. The Bertz CT molecular complexity index is 904. The Balaban J connectivity index is 1.64. The van der Waals surface area contributed by atoms with E-state index in [0.717, 1.165) is 18.7 Å². The lowest BCUT2D eigenvalue weighted by molar-refractivity contribution is -0.113. The third-order valence-corrected chi connectivity index (χ3v) is 5.07. The monoisotopic (exact) mass is 369 g/mol. The zero-order valence-corrected chi connectivity index (χ0v) is 15.5. The lowest BCUT2D eigenvalue weighted by atomic mass is 9.95. The highest BCUT2D eigenvalue weighted by molar-refractivity contribution is 6.01. The molecule has 8 nitrogen and oxygen atoms in total. The van der Waals surface area contributed by atoms with Crippen LogP contribution in [0.5, 0.6) is 0 Å². The molecule has 0 aliphatic carbocycles. The number of rotatable bonds is 4. The summed E-state index contributed by atoms with van der Waals surface area (Å²) in [5.74, 6) is 0.669. The van der Waals surface area contributed by atoms with Crippen molar-refractivity contribution in [3.63, 3.8) is 0 Å². The Morgan fingerprint density at radius 1 is 1.26 bits per heavy atom. The standard InChI is InChI=1S/C19H23N5O3/c1-4-16(25)22(2)15-7-5-14(6-8-15)18(26)24-11-9-13(10-12-24)17-20-21-19(27)23(17)3/h4-8,13H,1,9-12H2,2-3H3,(H,21,27).